The largest absolute Gasteiger partial charge is 0.497 e. The number of benzene rings is 3. The van der Waals surface area contributed by atoms with E-state index in [0.29, 0.717) is 0 Å². The Hall–Kier alpha value is -3.31. The molecule has 0 spiro atoms. The molecule has 3 aromatic carbocycles. The van der Waals surface area contributed by atoms with E-state index in [2.05, 4.69) is 74.0 Å². The van der Waals surface area contributed by atoms with E-state index < -0.39 is 0 Å². The Bertz CT molecular complexity index is 1350. The maximum Gasteiger partial charge on any atom is 0.195 e. The van der Waals surface area contributed by atoms with Crippen LogP contribution in [-0.4, -0.2) is 18.8 Å². The first-order valence-electron chi connectivity index (χ1n) is 10.5. The molecule has 0 aliphatic rings. The number of ether oxygens (including phenoxy) is 2. The molecule has 0 bridgehead atoms. The van der Waals surface area contributed by atoms with Crippen molar-refractivity contribution in [3.8, 4) is 28.4 Å². The molecule has 0 fully saturated rings. The maximum absolute atomic E-state index is 5.71. The van der Waals surface area contributed by atoms with Crippen LogP contribution in [0.15, 0.2) is 65.0 Å². The molecule has 0 aliphatic heterocycles. The summed E-state index contributed by atoms with van der Waals surface area (Å²) in [5.41, 5.74) is 8.95. The normalized spacial score (nSPS) is 11.6. The van der Waals surface area contributed by atoms with Crippen molar-refractivity contribution >= 4 is 17.0 Å². The minimum Gasteiger partial charge on any atom is -0.497 e. The van der Waals surface area contributed by atoms with Crippen molar-refractivity contribution in [3.05, 3.63) is 87.0 Å². The van der Waals surface area contributed by atoms with Gasteiger partial charge in [-0.25, -0.2) is 4.99 Å². The van der Waals surface area contributed by atoms with E-state index in [4.69, 9.17) is 14.5 Å². The standard InChI is InChI=1S/C27H28N2O2S/c1-17-9-7-11-23(19(17)3)28-27-29(24-12-8-10-18(2)20(24)4)25(16-32-27)22-15-21(30-5)13-14-26(22)31-6/h7-16H,1-6H3. The SMILES string of the molecule is COc1ccc(OC)c(-c2csc(=Nc3cccc(C)c3C)n2-c2cccc(C)c2C)c1. The van der Waals surface area contributed by atoms with Gasteiger partial charge in [0.2, 0.25) is 0 Å². The Morgan fingerprint density at radius 3 is 2.25 bits per heavy atom. The van der Waals surface area contributed by atoms with Gasteiger partial charge >= 0.3 is 0 Å². The lowest BCUT2D eigenvalue weighted by Gasteiger charge is -2.16. The van der Waals surface area contributed by atoms with Gasteiger partial charge in [-0.3, -0.25) is 4.57 Å². The molecule has 0 N–H and O–H groups in total. The minimum atomic E-state index is 0.785. The van der Waals surface area contributed by atoms with E-state index in [-0.39, 0.29) is 0 Å². The zero-order valence-electron chi connectivity index (χ0n) is 19.4. The van der Waals surface area contributed by atoms with Gasteiger partial charge in [-0.1, -0.05) is 24.3 Å². The van der Waals surface area contributed by atoms with Crippen molar-refractivity contribution in [2.24, 2.45) is 4.99 Å². The summed E-state index contributed by atoms with van der Waals surface area (Å²) in [4.78, 5) is 6.01. The lowest BCUT2D eigenvalue weighted by molar-refractivity contribution is 0.404. The van der Waals surface area contributed by atoms with Crippen LogP contribution in [0.3, 0.4) is 0 Å². The van der Waals surface area contributed by atoms with Crippen molar-refractivity contribution in [2.75, 3.05) is 14.2 Å². The number of hydrogen-bond acceptors (Lipinski definition) is 4. The van der Waals surface area contributed by atoms with Crippen LogP contribution in [-0.2, 0) is 0 Å². The summed E-state index contributed by atoms with van der Waals surface area (Å²) in [7, 11) is 3.38. The topological polar surface area (TPSA) is 35.8 Å². The van der Waals surface area contributed by atoms with Gasteiger partial charge in [0.15, 0.2) is 4.80 Å². The fourth-order valence-electron chi connectivity index (χ4n) is 3.76. The predicted molar refractivity (Wildman–Crippen MR) is 133 cm³/mol. The number of thiazole rings is 1. The summed E-state index contributed by atoms with van der Waals surface area (Å²) in [6.45, 7) is 8.53. The highest BCUT2D eigenvalue weighted by molar-refractivity contribution is 7.07. The van der Waals surface area contributed by atoms with Gasteiger partial charge in [0.05, 0.1) is 31.3 Å². The third-order valence-corrected chi connectivity index (χ3v) is 6.83. The van der Waals surface area contributed by atoms with Gasteiger partial charge in [-0.05, 0) is 80.3 Å². The molecule has 0 unspecified atom stereocenters. The van der Waals surface area contributed by atoms with Crippen LogP contribution in [0, 0.1) is 27.7 Å². The molecule has 0 saturated heterocycles. The Kier molecular flexibility index (Phi) is 6.19. The van der Waals surface area contributed by atoms with E-state index in [1.807, 2.05) is 18.2 Å². The van der Waals surface area contributed by atoms with Crippen LogP contribution in [0.1, 0.15) is 22.3 Å². The Morgan fingerprint density at radius 1 is 0.812 bits per heavy atom. The highest BCUT2D eigenvalue weighted by Gasteiger charge is 2.17. The molecule has 0 saturated carbocycles. The predicted octanol–water partition coefficient (Wildman–Crippen LogP) is 6.69. The fourth-order valence-corrected chi connectivity index (χ4v) is 4.66. The number of aryl methyl sites for hydroxylation is 2. The second kappa shape index (κ2) is 9.05. The lowest BCUT2D eigenvalue weighted by atomic mass is 10.1. The molecule has 4 aromatic rings. The second-order valence-electron chi connectivity index (χ2n) is 7.86. The molecule has 4 nitrogen and oxygen atoms in total. The quantitative estimate of drug-likeness (QED) is 0.344. The Labute approximate surface area is 193 Å². The first-order valence-corrected chi connectivity index (χ1v) is 11.4. The molecular formula is C27H28N2O2S. The van der Waals surface area contributed by atoms with Crippen LogP contribution in [0.5, 0.6) is 11.5 Å². The van der Waals surface area contributed by atoms with Gasteiger partial charge in [-0.2, -0.15) is 0 Å². The van der Waals surface area contributed by atoms with Gasteiger partial charge in [0.1, 0.15) is 11.5 Å². The van der Waals surface area contributed by atoms with E-state index in [1.165, 1.54) is 22.3 Å². The van der Waals surface area contributed by atoms with Crippen LogP contribution in [0.4, 0.5) is 5.69 Å². The van der Waals surface area contributed by atoms with Gasteiger partial charge in [-0.15, -0.1) is 11.3 Å². The number of aromatic nitrogens is 1. The molecule has 0 aliphatic carbocycles. The van der Waals surface area contributed by atoms with Crippen LogP contribution in [0.2, 0.25) is 0 Å². The third kappa shape index (κ3) is 3.96. The molecular weight excluding hydrogens is 416 g/mol. The molecule has 4 rings (SSSR count). The molecule has 1 aromatic heterocycles. The van der Waals surface area contributed by atoms with Crippen molar-refractivity contribution in [1.82, 2.24) is 4.57 Å². The molecule has 5 heteroatoms. The zero-order valence-corrected chi connectivity index (χ0v) is 20.2. The molecule has 164 valence electrons. The van der Waals surface area contributed by atoms with Crippen molar-refractivity contribution in [3.63, 3.8) is 0 Å². The highest BCUT2D eigenvalue weighted by atomic mass is 32.1. The highest BCUT2D eigenvalue weighted by Crippen LogP contribution is 2.36. The van der Waals surface area contributed by atoms with Gasteiger partial charge < -0.3 is 9.47 Å². The van der Waals surface area contributed by atoms with Crippen LogP contribution >= 0.6 is 11.3 Å². The Balaban J connectivity index is 2.07. The number of hydrogen-bond donors (Lipinski definition) is 0. The fraction of sp³-hybridized carbons (Fsp3) is 0.222. The average Bonchev–Trinajstić information content (AvgIpc) is 3.21. The van der Waals surface area contributed by atoms with Crippen molar-refractivity contribution in [2.45, 2.75) is 27.7 Å². The lowest BCUT2D eigenvalue weighted by Crippen LogP contribution is -2.15. The number of rotatable bonds is 5. The summed E-state index contributed by atoms with van der Waals surface area (Å²) in [5.74, 6) is 1.58. The van der Waals surface area contributed by atoms with E-state index in [0.717, 1.165) is 38.9 Å². The van der Waals surface area contributed by atoms with E-state index in [9.17, 15) is 0 Å². The third-order valence-electron chi connectivity index (χ3n) is 6.00. The summed E-state index contributed by atoms with van der Waals surface area (Å²) < 4.78 is 13.5. The molecule has 0 radical (unpaired) electrons. The van der Waals surface area contributed by atoms with E-state index >= 15 is 0 Å². The smallest absolute Gasteiger partial charge is 0.195 e. The number of nitrogens with zero attached hydrogens (tertiary/aromatic N) is 2. The Morgan fingerprint density at radius 2 is 1.53 bits per heavy atom. The second-order valence-corrected chi connectivity index (χ2v) is 8.69. The zero-order chi connectivity index (χ0) is 22.8. The van der Waals surface area contributed by atoms with E-state index in [1.54, 1.807) is 25.6 Å². The van der Waals surface area contributed by atoms with Crippen LogP contribution < -0.4 is 14.3 Å². The van der Waals surface area contributed by atoms with Gasteiger partial charge in [0.25, 0.3) is 0 Å². The molecule has 32 heavy (non-hydrogen) atoms. The summed E-state index contributed by atoms with van der Waals surface area (Å²) >= 11 is 1.62. The first-order chi connectivity index (χ1) is 15.4. The summed E-state index contributed by atoms with van der Waals surface area (Å²) in [6.07, 6.45) is 0. The van der Waals surface area contributed by atoms with Crippen LogP contribution in [0.25, 0.3) is 16.9 Å². The maximum atomic E-state index is 5.71. The first kappa shape index (κ1) is 21.9. The summed E-state index contributed by atoms with van der Waals surface area (Å²) in [5, 5.41) is 2.14. The van der Waals surface area contributed by atoms with Gasteiger partial charge in [0, 0.05) is 10.9 Å². The molecule has 1 heterocycles. The number of methoxy groups -OCH3 is 2. The van der Waals surface area contributed by atoms with Crippen molar-refractivity contribution < 1.29 is 9.47 Å². The average molecular weight is 445 g/mol. The minimum absolute atomic E-state index is 0.785. The summed E-state index contributed by atoms with van der Waals surface area (Å²) in [6, 6.07) is 18.5. The van der Waals surface area contributed by atoms with Crippen molar-refractivity contribution in [1.29, 1.82) is 0 Å². The molecule has 0 amide bonds. The molecule has 0 atom stereocenters. The monoisotopic (exact) mass is 444 g/mol.